The largest absolute Gasteiger partial charge is 0.322 e. The molecule has 2 aromatic carbocycles. The maximum atomic E-state index is 13.0. The van der Waals surface area contributed by atoms with Crippen LogP contribution in [0.3, 0.4) is 0 Å². The molecule has 0 spiro atoms. The fourth-order valence-electron chi connectivity index (χ4n) is 1.61. The number of rotatable bonds is 3. The van der Waals surface area contributed by atoms with Crippen molar-refractivity contribution >= 4 is 42.9 Å². The number of halogens is 3. The first-order valence-corrected chi connectivity index (χ1v) is 8.27. The lowest BCUT2D eigenvalue weighted by Gasteiger charge is -2.07. The van der Waals surface area contributed by atoms with Gasteiger partial charge in [0.1, 0.15) is 10.7 Å². The molecular weight excluding hydrogens is 340 g/mol. The summed E-state index contributed by atoms with van der Waals surface area (Å²) >= 11 is 5.79. The lowest BCUT2D eigenvalue weighted by atomic mass is 10.2. The Morgan fingerprint density at radius 1 is 1.14 bits per heavy atom. The van der Waals surface area contributed by atoms with Gasteiger partial charge in [0.25, 0.3) is 15.0 Å². The maximum Gasteiger partial charge on any atom is 0.262 e. The summed E-state index contributed by atoms with van der Waals surface area (Å²) in [6, 6.07) is 8.89. The van der Waals surface area contributed by atoms with E-state index in [9.17, 15) is 17.6 Å². The third-order valence-corrected chi connectivity index (χ3v) is 4.34. The third-order valence-electron chi connectivity index (χ3n) is 2.54. The van der Waals surface area contributed by atoms with Gasteiger partial charge in [-0.05, 0) is 36.4 Å². The fraction of sp³-hybridized carbons (Fsp3) is 0. The molecule has 21 heavy (non-hydrogen) atoms. The molecule has 0 heterocycles. The fourth-order valence-corrected chi connectivity index (χ4v) is 3.14. The molecule has 0 saturated heterocycles. The van der Waals surface area contributed by atoms with Gasteiger partial charge in [-0.3, -0.25) is 4.79 Å². The molecule has 1 N–H and O–H groups in total. The molecule has 0 aromatic heterocycles. The van der Waals surface area contributed by atoms with Gasteiger partial charge in [0, 0.05) is 21.9 Å². The van der Waals surface area contributed by atoms with Crippen LogP contribution in [-0.2, 0) is 9.05 Å². The second kappa shape index (κ2) is 6.01. The smallest absolute Gasteiger partial charge is 0.262 e. The number of carbonyl (C=O) groups excluding carboxylic acids is 1. The molecule has 0 aliphatic heterocycles. The molecule has 110 valence electrons. The minimum Gasteiger partial charge on any atom is -0.322 e. The second-order valence-corrected chi connectivity index (χ2v) is 6.99. The van der Waals surface area contributed by atoms with Crippen LogP contribution in [0.2, 0.25) is 5.02 Å². The quantitative estimate of drug-likeness (QED) is 0.861. The van der Waals surface area contributed by atoms with E-state index in [4.69, 9.17) is 22.3 Å². The van der Waals surface area contributed by atoms with Crippen LogP contribution < -0.4 is 5.32 Å². The molecule has 2 rings (SSSR count). The van der Waals surface area contributed by atoms with Gasteiger partial charge in [-0.2, -0.15) is 0 Å². The summed E-state index contributed by atoms with van der Waals surface area (Å²) in [6.45, 7) is 0. The van der Waals surface area contributed by atoms with E-state index in [2.05, 4.69) is 5.32 Å². The van der Waals surface area contributed by atoms with Crippen molar-refractivity contribution in [1.82, 2.24) is 0 Å². The van der Waals surface area contributed by atoms with Crippen molar-refractivity contribution in [2.75, 3.05) is 5.32 Å². The van der Waals surface area contributed by atoms with Gasteiger partial charge in [-0.25, -0.2) is 12.8 Å². The van der Waals surface area contributed by atoms with E-state index in [0.29, 0.717) is 0 Å². The Labute approximate surface area is 129 Å². The molecule has 0 bridgehead atoms. The highest BCUT2D eigenvalue weighted by Gasteiger charge is 2.15. The van der Waals surface area contributed by atoms with Crippen molar-refractivity contribution in [3.05, 3.63) is 58.9 Å². The lowest BCUT2D eigenvalue weighted by Crippen LogP contribution is -2.12. The summed E-state index contributed by atoms with van der Waals surface area (Å²) in [5.41, 5.74) is 0.387. The van der Waals surface area contributed by atoms with Gasteiger partial charge in [0.15, 0.2) is 0 Å². The van der Waals surface area contributed by atoms with Crippen LogP contribution in [0.15, 0.2) is 47.4 Å². The van der Waals surface area contributed by atoms with Crippen molar-refractivity contribution in [3.8, 4) is 0 Å². The van der Waals surface area contributed by atoms with Crippen LogP contribution >= 0.6 is 22.3 Å². The van der Waals surface area contributed by atoms with Crippen molar-refractivity contribution in [2.45, 2.75) is 4.90 Å². The van der Waals surface area contributed by atoms with Crippen molar-refractivity contribution in [3.63, 3.8) is 0 Å². The van der Waals surface area contributed by atoms with Crippen molar-refractivity contribution < 1.29 is 17.6 Å². The number of hydrogen-bond acceptors (Lipinski definition) is 3. The van der Waals surface area contributed by atoms with Crippen LogP contribution in [0.4, 0.5) is 10.1 Å². The zero-order valence-corrected chi connectivity index (χ0v) is 12.6. The van der Waals surface area contributed by atoms with E-state index >= 15 is 0 Å². The summed E-state index contributed by atoms with van der Waals surface area (Å²) < 4.78 is 35.4. The van der Waals surface area contributed by atoms with Gasteiger partial charge in [-0.15, -0.1) is 0 Å². The normalized spacial score (nSPS) is 11.2. The Balaban J connectivity index is 2.25. The zero-order chi connectivity index (χ0) is 15.6. The predicted molar refractivity (Wildman–Crippen MR) is 78.8 cm³/mol. The number of benzene rings is 2. The minimum atomic E-state index is -3.96. The van der Waals surface area contributed by atoms with E-state index in [1.54, 1.807) is 0 Å². The Kier molecular flexibility index (Phi) is 4.51. The van der Waals surface area contributed by atoms with E-state index in [1.807, 2.05) is 0 Å². The molecule has 4 nitrogen and oxygen atoms in total. The molecule has 0 radical (unpaired) electrons. The third kappa shape index (κ3) is 3.93. The number of carbonyl (C=O) groups is 1. The average Bonchev–Trinajstić information content (AvgIpc) is 2.37. The standard InChI is InChI=1S/C13H8Cl2FNO3S/c14-11-7-10(4-5-12(11)21(15,19)20)17-13(18)8-2-1-3-9(16)6-8/h1-7H,(H,17,18). The molecule has 0 aliphatic rings. The number of anilines is 1. The van der Waals surface area contributed by atoms with Crippen LogP contribution in [0, 0.1) is 5.82 Å². The summed E-state index contributed by atoms with van der Waals surface area (Å²) in [6.07, 6.45) is 0. The van der Waals surface area contributed by atoms with Crippen LogP contribution in [0.5, 0.6) is 0 Å². The molecule has 0 aliphatic carbocycles. The topological polar surface area (TPSA) is 63.2 Å². The average molecular weight is 348 g/mol. The Morgan fingerprint density at radius 3 is 2.43 bits per heavy atom. The lowest BCUT2D eigenvalue weighted by molar-refractivity contribution is 0.102. The maximum absolute atomic E-state index is 13.0. The molecule has 0 fully saturated rings. The van der Waals surface area contributed by atoms with Gasteiger partial charge >= 0.3 is 0 Å². The van der Waals surface area contributed by atoms with E-state index in [0.717, 1.165) is 6.07 Å². The monoisotopic (exact) mass is 347 g/mol. The predicted octanol–water partition coefficient (Wildman–Crippen LogP) is 3.66. The zero-order valence-electron chi connectivity index (χ0n) is 10.3. The molecule has 0 saturated carbocycles. The molecule has 1 amide bonds. The van der Waals surface area contributed by atoms with Gasteiger partial charge in [-0.1, -0.05) is 17.7 Å². The van der Waals surface area contributed by atoms with Crippen LogP contribution in [0.1, 0.15) is 10.4 Å². The molecule has 0 atom stereocenters. The van der Waals surface area contributed by atoms with E-state index < -0.39 is 20.8 Å². The highest BCUT2D eigenvalue weighted by molar-refractivity contribution is 8.13. The van der Waals surface area contributed by atoms with Crippen LogP contribution in [-0.4, -0.2) is 14.3 Å². The molecular formula is C13H8Cl2FNO3S. The number of nitrogens with one attached hydrogen (secondary N) is 1. The SMILES string of the molecule is O=C(Nc1ccc(S(=O)(=O)Cl)c(Cl)c1)c1cccc(F)c1. The number of hydrogen-bond donors (Lipinski definition) is 1. The van der Waals surface area contributed by atoms with Crippen molar-refractivity contribution in [1.29, 1.82) is 0 Å². The molecule has 2 aromatic rings. The molecule has 0 unspecified atom stereocenters. The molecule has 8 heteroatoms. The Hall–Kier alpha value is -1.63. The Bertz CT molecular complexity index is 809. The summed E-state index contributed by atoms with van der Waals surface area (Å²) in [4.78, 5) is 11.6. The summed E-state index contributed by atoms with van der Waals surface area (Å²) in [7, 11) is 1.24. The highest BCUT2D eigenvalue weighted by Crippen LogP contribution is 2.27. The first-order chi connectivity index (χ1) is 9.77. The summed E-state index contributed by atoms with van der Waals surface area (Å²) in [5.74, 6) is -1.09. The first-order valence-electron chi connectivity index (χ1n) is 5.58. The Morgan fingerprint density at radius 2 is 1.86 bits per heavy atom. The van der Waals surface area contributed by atoms with Crippen molar-refractivity contribution in [2.24, 2.45) is 0 Å². The summed E-state index contributed by atoms with van der Waals surface area (Å²) in [5, 5.41) is 2.35. The highest BCUT2D eigenvalue weighted by atomic mass is 35.7. The van der Waals surface area contributed by atoms with Gasteiger partial charge < -0.3 is 5.32 Å². The van der Waals surface area contributed by atoms with Crippen LogP contribution in [0.25, 0.3) is 0 Å². The van der Waals surface area contributed by atoms with Gasteiger partial charge in [0.2, 0.25) is 0 Å². The number of amides is 1. The van der Waals surface area contributed by atoms with E-state index in [1.165, 1.54) is 36.4 Å². The van der Waals surface area contributed by atoms with Gasteiger partial charge in [0.05, 0.1) is 5.02 Å². The second-order valence-electron chi connectivity index (χ2n) is 4.05. The van der Waals surface area contributed by atoms with E-state index in [-0.39, 0.29) is 21.2 Å². The minimum absolute atomic E-state index is 0.123. The first kappa shape index (κ1) is 15.8.